The summed E-state index contributed by atoms with van der Waals surface area (Å²) in [7, 11) is 0. The van der Waals surface area contributed by atoms with Gasteiger partial charge in [0.2, 0.25) is 11.8 Å². The van der Waals surface area contributed by atoms with E-state index in [0.29, 0.717) is 17.2 Å². The average Bonchev–Trinajstić information content (AvgIpc) is 3.33. The van der Waals surface area contributed by atoms with Crippen LogP contribution in [-0.4, -0.2) is 72.3 Å². The predicted octanol–water partition coefficient (Wildman–Crippen LogP) is 4.97. The first-order chi connectivity index (χ1) is 16.1. The van der Waals surface area contributed by atoms with Crippen LogP contribution >= 0.6 is 0 Å². The number of rotatable bonds is 8. The van der Waals surface area contributed by atoms with Gasteiger partial charge in [0.1, 0.15) is 0 Å². The maximum atomic E-state index is 13.3. The third-order valence-electron chi connectivity index (χ3n) is 9.54. The zero-order valence-corrected chi connectivity index (χ0v) is 22.6. The molecule has 0 aromatic carbocycles. The van der Waals surface area contributed by atoms with Crippen molar-refractivity contribution in [3.05, 3.63) is 11.6 Å². The van der Waals surface area contributed by atoms with Gasteiger partial charge in [0.25, 0.3) is 0 Å². The molecule has 2 unspecified atom stereocenters. The summed E-state index contributed by atoms with van der Waals surface area (Å²) < 4.78 is 0. The summed E-state index contributed by atoms with van der Waals surface area (Å²) in [6.45, 7) is 16.9. The Balaban J connectivity index is 1.26. The fourth-order valence-corrected chi connectivity index (χ4v) is 6.87. The van der Waals surface area contributed by atoms with Crippen LogP contribution in [0.2, 0.25) is 0 Å². The van der Waals surface area contributed by atoms with Crippen molar-refractivity contribution in [2.24, 2.45) is 28.6 Å². The molecule has 0 aromatic heterocycles. The number of amides is 2. The van der Waals surface area contributed by atoms with Gasteiger partial charge >= 0.3 is 0 Å². The molecule has 5 heteroatoms. The highest BCUT2D eigenvalue weighted by molar-refractivity contribution is 5.81. The molecule has 2 amide bonds. The highest BCUT2D eigenvalue weighted by atomic mass is 16.2. The lowest BCUT2D eigenvalue weighted by Gasteiger charge is -2.57. The first-order valence-corrected chi connectivity index (χ1v) is 14.0. The lowest BCUT2D eigenvalue weighted by molar-refractivity contribution is -0.139. The van der Waals surface area contributed by atoms with Gasteiger partial charge in [-0.15, -0.1) is 0 Å². The number of hydrogen-bond donors (Lipinski definition) is 0. The summed E-state index contributed by atoms with van der Waals surface area (Å²) in [5.41, 5.74) is 1.51. The number of nitrogens with zero attached hydrogens (tertiary/aromatic N) is 3. The first kappa shape index (κ1) is 25.7. The van der Waals surface area contributed by atoms with Gasteiger partial charge in [0.15, 0.2) is 0 Å². The topological polar surface area (TPSA) is 43.9 Å². The molecule has 0 N–H and O–H groups in total. The van der Waals surface area contributed by atoms with E-state index in [2.05, 4.69) is 34.6 Å². The molecule has 1 saturated heterocycles. The Morgan fingerprint density at radius 2 is 1.76 bits per heavy atom. The summed E-state index contributed by atoms with van der Waals surface area (Å²) in [5.74, 6) is 2.85. The van der Waals surface area contributed by atoms with Crippen molar-refractivity contribution in [2.75, 3.05) is 45.8 Å². The van der Waals surface area contributed by atoms with E-state index in [1.54, 1.807) is 0 Å². The monoisotopic (exact) mass is 471 g/mol. The summed E-state index contributed by atoms with van der Waals surface area (Å²) in [5, 5.41) is 0. The maximum absolute atomic E-state index is 13.3. The highest BCUT2D eigenvalue weighted by Gasteiger charge is 2.51. The van der Waals surface area contributed by atoms with Crippen LogP contribution < -0.4 is 0 Å². The summed E-state index contributed by atoms with van der Waals surface area (Å²) in [4.78, 5) is 32.7. The van der Waals surface area contributed by atoms with Crippen molar-refractivity contribution in [3.63, 3.8) is 0 Å². The Hall–Kier alpha value is -1.36. The van der Waals surface area contributed by atoms with Gasteiger partial charge in [-0.3, -0.25) is 14.5 Å². The fourth-order valence-electron chi connectivity index (χ4n) is 6.87. The fraction of sp³-hybridized carbons (Fsp3) is 0.862. The molecule has 2 saturated carbocycles. The molecule has 4 aliphatic carbocycles. The van der Waals surface area contributed by atoms with E-state index in [1.165, 1.54) is 44.1 Å². The van der Waals surface area contributed by atoms with Crippen molar-refractivity contribution < 1.29 is 9.59 Å². The molecule has 5 rings (SSSR count). The number of allylic oxidation sites excluding steroid dienone is 1. The normalized spacial score (nSPS) is 27.3. The van der Waals surface area contributed by atoms with E-state index in [-0.39, 0.29) is 11.3 Å². The minimum atomic E-state index is -0.364. The van der Waals surface area contributed by atoms with Crippen molar-refractivity contribution in [1.29, 1.82) is 0 Å². The van der Waals surface area contributed by atoms with Gasteiger partial charge in [-0.2, -0.15) is 0 Å². The molecule has 0 aromatic rings. The zero-order chi connectivity index (χ0) is 24.5. The molecule has 5 aliphatic rings. The second-order valence-electron chi connectivity index (χ2n) is 13.2. The number of hydrogen-bond acceptors (Lipinski definition) is 3. The van der Waals surface area contributed by atoms with Gasteiger partial charge in [-0.05, 0) is 42.4 Å². The third-order valence-corrected chi connectivity index (χ3v) is 9.54. The van der Waals surface area contributed by atoms with Gasteiger partial charge in [-0.25, -0.2) is 0 Å². The van der Waals surface area contributed by atoms with E-state index < -0.39 is 0 Å². The van der Waals surface area contributed by atoms with E-state index in [4.69, 9.17) is 0 Å². The largest absolute Gasteiger partial charge is 0.340 e. The molecule has 5 nitrogen and oxygen atoms in total. The Kier molecular flexibility index (Phi) is 7.81. The van der Waals surface area contributed by atoms with Crippen LogP contribution in [0.25, 0.3) is 0 Å². The van der Waals surface area contributed by atoms with Crippen LogP contribution in [0.5, 0.6) is 0 Å². The maximum Gasteiger partial charge on any atom is 0.228 e. The third kappa shape index (κ3) is 5.71. The SMILES string of the molecule is CC(C)(C)C(=O)N(CCN1CCN(C(=O)CCC2CCCC2)CC1)CC1=CCC2CC1C2(C)C. The van der Waals surface area contributed by atoms with Gasteiger partial charge in [0, 0.05) is 57.6 Å². The molecule has 3 fully saturated rings. The molecule has 0 spiro atoms. The minimum absolute atomic E-state index is 0.258. The number of piperazine rings is 1. The lowest BCUT2D eigenvalue weighted by Crippen LogP contribution is -2.53. The molecule has 2 bridgehead atoms. The average molecular weight is 472 g/mol. The highest BCUT2D eigenvalue weighted by Crippen LogP contribution is 2.59. The molecule has 2 atom stereocenters. The smallest absolute Gasteiger partial charge is 0.228 e. The lowest BCUT2D eigenvalue weighted by atomic mass is 9.49. The van der Waals surface area contributed by atoms with Crippen LogP contribution in [0.4, 0.5) is 0 Å². The van der Waals surface area contributed by atoms with Crippen LogP contribution in [0.15, 0.2) is 11.6 Å². The van der Waals surface area contributed by atoms with Crippen molar-refractivity contribution >= 4 is 11.8 Å². The van der Waals surface area contributed by atoms with E-state index >= 15 is 0 Å². The van der Waals surface area contributed by atoms with Crippen LogP contribution in [0.1, 0.15) is 86.0 Å². The quantitative estimate of drug-likeness (QED) is 0.470. The zero-order valence-electron chi connectivity index (χ0n) is 22.6. The first-order valence-electron chi connectivity index (χ1n) is 14.0. The molecule has 1 aliphatic heterocycles. The Morgan fingerprint density at radius 3 is 2.35 bits per heavy atom. The predicted molar refractivity (Wildman–Crippen MR) is 138 cm³/mol. The van der Waals surface area contributed by atoms with Crippen LogP contribution in [0, 0.1) is 28.6 Å². The minimum Gasteiger partial charge on any atom is -0.340 e. The Labute approximate surface area is 208 Å². The van der Waals surface area contributed by atoms with Crippen LogP contribution in [0.3, 0.4) is 0 Å². The van der Waals surface area contributed by atoms with Crippen molar-refractivity contribution in [2.45, 2.75) is 86.0 Å². The van der Waals surface area contributed by atoms with Gasteiger partial charge in [0.05, 0.1) is 0 Å². The summed E-state index contributed by atoms with van der Waals surface area (Å²) >= 11 is 0. The number of fused-ring (bicyclic) bond motifs is 1. The molecular weight excluding hydrogens is 422 g/mol. The van der Waals surface area contributed by atoms with Gasteiger partial charge < -0.3 is 9.80 Å². The summed E-state index contributed by atoms with van der Waals surface area (Å²) in [6.07, 6.45) is 12.1. The van der Waals surface area contributed by atoms with E-state index in [9.17, 15) is 9.59 Å². The molecule has 0 radical (unpaired) electrons. The standard InChI is InChI=1S/C29H49N3O2/c1-28(2,3)27(34)32(21-23-11-12-24-20-25(23)29(24,4)5)19-16-30-14-17-31(18-15-30)26(33)13-10-22-8-6-7-9-22/h11,22,24-25H,6-10,12-21H2,1-5H3. The van der Waals surface area contributed by atoms with E-state index in [0.717, 1.165) is 70.5 Å². The Morgan fingerprint density at radius 1 is 1.09 bits per heavy atom. The summed E-state index contributed by atoms with van der Waals surface area (Å²) in [6, 6.07) is 0. The number of carbonyl (C=O) groups is 2. The number of carbonyl (C=O) groups excluding carboxylic acids is 2. The van der Waals surface area contributed by atoms with Crippen molar-refractivity contribution in [3.8, 4) is 0 Å². The second kappa shape index (κ2) is 10.3. The molecule has 34 heavy (non-hydrogen) atoms. The Bertz CT molecular complexity index is 767. The van der Waals surface area contributed by atoms with Crippen molar-refractivity contribution in [1.82, 2.24) is 14.7 Å². The molecular formula is C29H49N3O2. The van der Waals surface area contributed by atoms with E-state index in [1.807, 2.05) is 20.8 Å². The van der Waals surface area contributed by atoms with Crippen LogP contribution in [-0.2, 0) is 9.59 Å². The molecule has 1 heterocycles. The molecule has 192 valence electrons. The van der Waals surface area contributed by atoms with Gasteiger partial charge in [-0.1, -0.05) is 72.0 Å². The second-order valence-corrected chi connectivity index (χ2v) is 13.2.